The molecule has 0 amide bonds. The van der Waals surface area contributed by atoms with E-state index in [4.69, 9.17) is 0 Å². The maximum atomic E-state index is 3.24. The van der Waals surface area contributed by atoms with E-state index >= 15 is 0 Å². The Hall–Kier alpha value is 0.471. The predicted molar refractivity (Wildman–Crippen MR) is 88.3 cm³/mol. The fourth-order valence-electron chi connectivity index (χ4n) is 1.78. The second kappa shape index (κ2) is 16.3. The van der Waals surface area contributed by atoms with Gasteiger partial charge in [0.25, 0.3) is 0 Å². The van der Waals surface area contributed by atoms with Gasteiger partial charge >= 0.3 is 38.5 Å². The summed E-state index contributed by atoms with van der Waals surface area (Å²) in [5.74, 6) is 0. The molecule has 0 aromatic carbocycles. The van der Waals surface area contributed by atoms with Crippen LogP contribution in [0.25, 0.3) is 0 Å². The van der Waals surface area contributed by atoms with Gasteiger partial charge in [0.05, 0.1) is 0 Å². The van der Waals surface area contributed by atoms with Crippen LogP contribution in [0.3, 0.4) is 0 Å². The summed E-state index contributed by atoms with van der Waals surface area (Å²) < 4.78 is 0. The van der Waals surface area contributed by atoms with E-state index in [1.54, 1.807) is 0 Å². The minimum atomic E-state index is 0. The van der Waals surface area contributed by atoms with Crippen LogP contribution in [0.2, 0.25) is 13.1 Å². The molecule has 0 unspecified atom stereocenters. The topological polar surface area (TPSA) is 0 Å². The van der Waals surface area contributed by atoms with E-state index in [1.165, 1.54) is 35.1 Å². The van der Waals surface area contributed by atoms with E-state index in [1.807, 2.05) is 0 Å². The number of halogens is 2. The molecule has 0 aromatic rings. The molecule has 2 rings (SSSR count). The maximum Gasteiger partial charge on any atom is -1.00 e. The fraction of sp³-hybridized carbons (Fsp3) is 0.556. The standard InChI is InChI=1S/2C8H11.C2H6Si.2ClH.Ti/c2*1-3-8-5-4-7(2)6-8;1-3-2;;;/h2*6H,3,5H2,1-2H3;1-2H3;2*1H;/q2*-1;;;;+2/p-2. The van der Waals surface area contributed by atoms with Gasteiger partial charge in [0.1, 0.15) is 0 Å². The molecule has 0 atom stereocenters. The van der Waals surface area contributed by atoms with Crippen LogP contribution >= 0.6 is 0 Å². The summed E-state index contributed by atoms with van der Waals surface area (Å²) in [5, 5.41) is 0. The summed E-state index contributed by atoms with van der Waals surface area (Å²) in [4.78, 5) is 0. The number of hydrogen-bond donors (Lipinski definition) is 0. The second-order valence-electron chi connectivity index (χ2n) is 5.39. The molecule has 0 heterocycles. The van der Waals surface area contributed by atoms with Crippen molar-refractivity contribution in [1.29, 1.82) is 0 Å². The molecular weight excluding hydrogens is 363 g/mol. The molecule has 0 aromatic heterocycles. The van der Waals surface area contributed by atoms with Crippen LogP contribution in [0, 0.1) is 12.2 Å². The minimum absolute atomic E-state index is 0. The first-order valence-corrected chi connectivity index (χ1v) is 12.3. The Morgan fingerprint density at radius 3 is 1.27 bits per heavy atom. The average molecular weight is 391 g/mol. The van der Waals surface area contributed by atoms with Gasteiger partial charge in [-0.2, -0.15) is 11.1 Å². The SMILES string of the molecule is CCC1=CC(C)=[C-]C1.CCC1=CC(C)=[C-]C1.C[Si](C)=[Ti+2].[Cl-].[Cl-]. The summed E-state index contributed by atoms with van der Waals surface area (Å²) in [6.07, 6.45) is 15.6. The van der Waals surface area contributed by atoms with E-state index < -0.39 is 0 Å². The summed E-state index contributed by atoms with van der Waals surface area (Å²) >= 11 is 2.27. The summed E-state index contributed by atoms with van der Waals surface area (Å²) in [7, 11) is 0. The number of allylic oxidation sites excluding steroid dienone is 8. The Kier molecular flexibility index (Phi) is 20.3. The molecule has 0 aliphatic heterocycles. The Labute approximate surface area is 162 Å². The van der Waals surface area contributed by atoms with Crippen molar-refractivity contribution in [2.75, 3.05) is 0 Å². The molecule has 0 spiro atoms. The zero-order valence-electron chi connectivity index (χ0n) is 14.7. The Morgan fingerprint density at radius 2 is 1.18 bits per heavy atom. The Bertz CT molecular complexity index is 406. The zero-order valence-corrected chi connectivity index (χ0v) is 18.8. The fourth-order valence-corrected chi connectivity index (χ4v) is 1.78. The van der Waals surface area contributed by atoms with Crippen LogP contribution in [-0.4, -0.2) is 6.19 Å². The number of rotatable bonds is 2. The zero-order chi connectivity index (χ0) is 15.5. The molecule has 4 heteroatoms. The Balaban J connectivity index is -0.000000249. The quantitative estimate of drug-likeness (QED) is 0.450. The van der Waals surface area contributed by atoms with Gasteiger partial charge < -0.3 is 24.8 Å². The second-order valence-corrected chi connectivity index (χ2v) is 12.1. The number of hydrogen-bond acceptors (Lipinski definition) is 0. The van der Waals surface area contributed by atoms with Gasteiger partial charge in [-0.25, -0.2) is 23.3 Å². The van der Waals surface area contributed by atoms with Crippen LogP contribution in [-0.2, 0) is 19.2 Å². The van der Waals surface area contributed by atoms with Crippen molar-refractivity contribution in [2.45, 2.75) is 66.5 Å². The maximum absolute atomic E-state index is 3.24. The first kappa shape index (κ1) is 27.3. The summed E-state index contributed by atoms with van der Waals surface area (Å²) in [6.45, 7) is 13.1. The van der Waals surface area contributed by atoms with Crippen molar-refractivity contribution in [3.63, 3.8) is 0 Å². The van der Waals surface area contributed by atoms with Crippen molar-refractivity contribution in [3.8, 4) is 0 Å². The molecule has 0 radical (unpaired) electrons. The normalized spacial score (nSPS) is 14.5. The predicted octanol–water partition coefficient (Wildman–Crippen LogP) is -0.256. The van der Waals surface area contributed by atoms with Crippen molar-refractivity contribution >= 4 is 6.19 Å². The van der Waals surface area contributed by atoms with Gasteiger partial charge in [0, 0.05) is 0 Å². The van der Waals surface area contributed by atoms with Gasteiger partial charge in [-0.1, -0.05) is 40.5 Å². The molecule has 0 N–H and O–H groups in total. The van der Waals surface area contributed by atoms with Crippen LogP contribution in [0.15, 0.2) is 34.4 Å². The molecule has 0 saturated heterocycles. The van der Waals surface area contributed by atoms with E-state index in [0.717, 1.165) is 12.8 Å². The largest absolute Gasteiger partial charge is 1.00 e. The molecule has 0 bridgehead atoms. The average Bonchev–Trinajstić information content (AvgIpc) is 2.97. The molecule has 22 heavy (non-hydrogen) atoms. The van der Waals surface area contributed by atoms with Crippen LogP contribution < -0.4 is 24.8 Å². The van der Waals surface area contributed by atoms with Crippen LogP contribution in [0.4, 0.5) is 0 Å². The minimum Gasteiger partial charge on any atom is -1.00 e. The van der Waals surface area contributed by atoms with E-state index in [0.29, 0.717) is 0 Å². The summed E-state index contributed by atoms with van der Waals surface area (Å²) in [5.41, 5.74) is 5.65. The molecular formula is C18H28Cl2SiTi-2. The Morgan fingerprint density at radius 1 is 0.909 bits per heavy atom. The monoisotopic (exact) mass is 390 g/mol. The van der Waals surface area contributed by atoms with E-state index in [9.17, 15) is 0 Å². The van der Waals surface area contributed by atoms with Gasteiger partial charge in [0.2, 0.25) is 0 Å². The van der Waals surface area contributed by atoms with Crippen molar-refractivity contribution < 1.29 is 44.0 Å². The molecule has 0 nitrogen and oxygen atoms in total. The summed E-state index contributed by atoms with van der Waals surface area (Å²) in [6, 6.07) is 0. The molecule has 0 saturated carbocycles. The first-order valence-electron chi connectivity index (χ1n) is 7.44. The third kappa shape index (κ3) is 15.4. The molecule has 2 aliphatic rings. The molecule has 2 aliphatic carbocycles. The third-order valence-corrected chi connectivity index (χ3v) is 2.94. The van der Waals surface area contributed by atoms with Gasteiger partial charge in [-0.3, -0.25) is 12.2 Å². The van der Waals surface area contributed by atoms with Crippen molar-refractivity contribution in [3.05, 3.63) is 46.6 Å². The van der Waals surface area contributed by atoms with Crippen molar-refractivity contribution in [1.82, 2.24) is 0 Å². The molecule has 0 fully saturated rings. The van der Waals surface area contributed by atoms with Gasteiger partial charge in [-0.15, -0.1) is 12.8 Å². The van der Waals surface area contributed by atoms with E-state index in [2.05, 4.69) is 84.3 Å². The van der Waals surface area contributed by atoms with E-state index in [-0.39, 0.29) is 31.0 Å². The third-order valence-electron chi connectivity index (χ3n) is 2.94. The smallest absolute Gasteiger partial charge is 1.00 e. The first-order chi connectivity index (χ1) is 9.38. The van der Waals surface area contributed by atoms with Crippen LogP contribution in [0.1, 0.15) is 53.4 Å². The van der Waals surface area contributed by atoms with Crippen molar-refractivity contribution in [2.24, 2.45) is 0 Å². The molecule has 124 valence electrons. The van der Waals surface area contributed by atoms with Crippen LogP contribution in [0.5, 0.6) is 0 Å². The van der Waals surface area contributed by atoms with Gasteiger partial charge in [0.15, 0.2) is 0 Å². The van der Waals surface area contributed by atoms with Gasteiger partial charge in [-0.05, 0) is 0 Å².